The van der Waals surface area contributed by atoms with E-state index in [0.717, 1.165) is 16.9 Å². The summed E-state index contributed by atoms with van der Waals surface area (Å²) in [5.41, 5.74) is 0.959. The van der Waals surface area contributed by atoms with E-state index in [1.807, 2.05) is 18.5 Å². The Morgan fingerprint density at radius 3 is 2.95 bits per heavy atom. The highest BCUT2D eigenvalue weighted by Crippen LogP contribution is 2.17. The minimum atomic E-state index is 0.0941. The maximum absolute atomic E-state index is 12.0. The first kappa shape index (κ1) is 16.7. The molecule has 4 heteroatoms. The summed E-state index contributed by atoms with van der Waals surface area (Å²) in [7, 11) is 1.85. The monoisotopic (exact) mass is 293 g/mol. The topological polar surface area (TPSA) is 40.5 Å². The highest BCUT2D eigenvalue weighted by molar-refractivity contribution is 7.10. The zero-order valence-electron chi connectivity index (χ0n) is 12.5. The van der Waals surface area contributed by atoms with Crippen LogP contribution < -0.4 is 0 Å². The number of hydrogen-bond donors (Lipinski definition) is 1. The Morgan fingerprint density at radius 1 is 1.55 bits per heavy atom. The molecule has 1 N–H and O–H groups in total. The molecule has 1 amide bonds. The molecule has 0 aliphatic carbocycles. The van der Waals surface area contributed by atoms with E-state index in [-0.39, 0.29) is 12.5 Å². The number of aliphatic hydroxyl groups is 1. The third-order valence-corrected chi connectivity index (χ3v) is 4.08. The fraction of sp³-hybridized carbons (Fsp3) is 0.562. The SMILES string of the molecule is CCC(C)CC(=O)N(C)Cc1cc(C#CCCO)cs1. The number of amides is 1. The van der Waals surface area contributed by atoms with Gasteiger partial charge in [-0.05, 0) is 12.0 Å². The Morgan fingerprint density at radius 2 is 2.30 bits per heavy atom. The van der Waals surface area contributed by atoms with Gasteiger partial charge in [-0.3, -0.25) is 4.79 Å². The second-order valence-corrected chi connectivity index (χ2v) is 6.04. The number of nitrogens with zero attached hydrogens (tertiary/aromatic N) is 1. The molecule has 0 fully saturated rings. The predicted molar refractivity (Wildman–Crippen MR) is 83.4 cm³/mol. The summed E-state index contributed by atoms with van der Waals surface area (Å²) < 4.78 is 0. The van der Waals surface area contributed by atoms with Gasteiger partial charge in [-0.2, -0.15) is 0 Å². The van der Waals surface area contributed by atoms with E-state index in [4.69, 9.17) is 5.11 Å². The van der Waals surface area contributed by atoms with Crippen LogP contribution in [0.5, 0.6) is 0 Å². The zero-order chi connectivity index (χ0) is 15.0. The molecule has 1 atom stereocenters. The van der Waals surface area contributed by atoms with Crippen molar-refractivity contribution in [1.29, 1.82) is 0 Å². The first-order valence-electron chi connectivity index (χ1n) is 6.97. The Labute approximate surface area is 125 Å². The second kappa shape index (κ2) is 8.78. The van der Waals surface area contributed by atoms with E-state index in [9.17, 15) is 4.79 Å². The number of thiophene rings is 1. The Kier molecular flexibility index (Phi) is 7.35. The van der Waals surface area contributed by atoms with Gasteiger partial charge in [0.1, 0.15) is 0 Å². The Hall–Kier alpha value is -1.31. The standard InChI is InChI=1S/C16H23NO2S/c1-4-13(2)9-16(19)17(3)11-15-10-14(12-20-15)7-5-6-8-18/h10,12-13,18H,4,6,8-9,11H2,1-3H3. The molecule has 0 radical (unpaired) electrons. The Balaban J connectivity index is 2.52. The van der Waals surface area contributed by atoms with Gasteiger partial charge in [-0.25, -0.2) is 0 Å². The Bertz CT molecular complexity index is 484. The number of carbonyl (C=O) groups is 1. The molecule has 0 aliphatic heterocycles. The summed E-state index contributed by atoms with van der Waals surface area (Å²) in [6.07, 6.45) is 2.14. The molecule has 0 saturated heterocycles. The molecule has 110 valence electrons. The van der Waals surface area contributed by atoms with Gasteiger partial charge < -0.3 is 10.0 Å². The van der Waals surface area contributed by atoms with Crippen molar-refractivity contribution < 1.29 is 9.90 Å². The van der Waals surface area contributed by atoms with Gasteiger partial charge in [0.15, 0.2) is 0 Å². The van der Waals surface area contributed by atoms with Gasteiger partial charge in [0.2, 0.25) is 5.91 Å². The van der Waals surface area contributed by atoms with E-state index in [2.05, 4.69) is 25.7 Å². The summed E-state index contributed by atoms with van der Waals surface area (Å²) in [5, 5.41) is 10.7. The van der Waals surface area contributed by atoms with Gasteiger partial charge in [-0.1, -0.05) is 32.1 Å². The first-order chi connectivity index (χ1) is 9.56. The smallest absolute Gasteiger partial charge is 0.222 e. The van der Waals surface area contributed by atoms with Crippen LogP contribution in [0.15, 0.2) is 11.4 Å². The largest absolute Gasteiger partial charge is 0.395 e. The molecule has 3 nitrogen and oxygen atoms in total. The third kappa shape index (κ3) is 5.77. The molecule has 1 rings (SSSR count). The van der Waals surface area contributed by atoms with Crippen LogP contribution in [0, 0.1) is 17.8 Å². The van der Waals surface area contributed by atoms with Crippen molar-refractivity contribution in [3.8, 4) is 11.8 Å². The zero-order valence-corrected chi connectivity index (χ0v) is 13.3. The maximum Gasteiger partial charge on any atom is 0.222 e. The van der Waals surface area contributed by atoms with Crippen LogP contribution in [0.25, 0.3) is 0 Å². The van der Waals surface area contributed by atoms with Crippen molar-refractivity contribution >= 4 is 17.2 Å². The molecule has 1 aromatic heterocycles. The van der Waals surface area contributed by atoms with Gasteiger partial charge >= 0.3 is 0 Å². The lowest BCUT2D eigenvalue weighted by Gasteiger charge is -2.18. The summed E-state index contributed by atoms with van der Waals surface area (Å²) in [5.74, 6) is 6.54. The summed E-state index contributed by atoms with van der Waals surface area (Å²) >= 11 is 1.62. The van der Waals surface area contributed by atoms with Crippen LogP contribution in [0.2, 0.25) is 0 Å². The molecule has 1 unspecified atom stereocenters. The number of rotatable bonds is 6. The van der Waals surface area contributed by atoms with Gasteiger partial charge in [0.05, 0.1) is 13.2 Å². The van der Waals surface area contributed by atoms with Gasteiger partial charge in [0.25, 0.3) is 0 Å². The molecule has 1 aromatic rings. The maximum atomic E-state index is 12.0. The predicted octanol–water partition coefficient (Wildman–Crippen LogP) is 2.88. The van der Waals surface area contributed by atoms with Crippen LogP contribution >= 0.6 is 11.3 Å². The van der Waals surface area contributed by atoms with Crippen molar-refractivity contribution in [3.05, 3.63) is 21.9 Å². The van der Waals surface area contributed by atoms with E-state index >= 15 is 0 Å². The summed E-state index contributed by atoms with van der Waals surface area (Å²) in [4.78, 5) is 14.9. The molecule has 0 bridgehead atoms. The quantitative estimate of drug-likeness (QED) is 0.819. The van der Waals surface area contributed by atoms with Crippen LogP contribution in [0.3, 0.4) is 0 Å². The lowest BCUT2D eigenvalue weighted by atomic mass is 10.0. The molecule has 0 aliphatic rings. The summed E-state index contributed by atoms with van der Waals surface area (Å²) in [6.45, 7) is 4.94. The van der Waals surface area contributed by atoms with Crippen LogP contribution in [-0.4, -0.2) is 29.6 Å². The van der Waals surface area contributed by atoms with Crippen LogP contribution in [0.1, 0.15) is 43.6 Å². The van der Waals surface area contributed by atoms with Crippen molar-refractivity contribution in [3.63, 3.8) is 0 Å². The first-order valence-corrected chi connectivity index (χ1v) is 7.85. The van der Waals surface area contributed by atoms with Gasteiger partial charge in [-0.15, -0.1) is 11.3 Å². The molecule has 1 heterocycles. The number of carbonyl (C=O) groups excluding carboxylic acids is 1. The molecule has 0 saturated carbocycles. The highest BCUT2D eigenvalue weighted by Gasteiger charge is 2.13. The second-order valence-electron chi connectivity index (χ2n) is 5.04. The van der Waals surface area contributed by atoms with Crippen molar-refractivity contribution in [2.24, 2.45) is 5.92 Å². The van der Waals surface area contributed by atoms with E-state index in [1.165, 1.54) is 0 Å². The van der Waals surface area contributed by atoms with E-state index < -0.39 is 0 Å². The molecule has 20 heavy (non-hydrogen) atoms. The fourth-order valence-electron chi connectivity index (χ4n) is 1.67. The fourth-order valence-corrected chi connectivity index (χ4v) is 2.54. The highest BCUT2D eigenvalue weighted by atomic mass is 32.1. The molecule has 0 spiro atoms. The van der Waals surface area contributed by atoms with Crippen LogP contribution in [-0.2, 0) is 11.3 Å². The van der Waals surface area contributed by atoms with E-state index in [0.29, 0.717) is 25.3 Å². The average molecular weight is 293 g/mol. The van der Waals surface area contributed by atoms with Crippen molar-refractivity contribution in [2.45, 2.75) is 39.7 Å². The molecular weight excluding hydrogens is 270 g/mol. The minimum Gasteiger partial charge on any atom is -0.395 e. The minimum absolute atomic E-state index is 0.0941. The lowest BCUT2D eigenvalue weighted by molar-refractivity contribution is -0.131. The molecule has 0 aromatic carbocycles. The van der Waals surface area contributed by atoms with Crippen LogP contribution in [0.4, 0.5) is 0 Å². The normalized spacial score (nSPS) is 11.6. The van der Waals surface area contributed by atoms with Gasteiger partial charge in [0, 0.05) is 35.7 Å². The third-order valence-electron chi connectivity index (χ3n) is 3.16. The number of aliphatic hydroxyl groups excluding tert-OH is 1. The van der Waals surface area contributed by atoms with E-state index in [1.54, 1.807) is 16.2 Å². The summed E-state index contributed by atoms with van der Waals surface area (Å²) in [6, 6.07) is 2.02. The number of hydrogen-bond acceptors (Lipinski definition) is 3. The lowest BCUT2D eigenvalue weighted by Crippen LogP contribution is -2.27. The van der Waals surface area contributed by atoms with Crippen molar-refractivity contribution in [2.75, 3.05) is 13.7 Å². The molecular formula is C16H23NO2S. The average Bonchev–Trinajstić information content (AvgIpc) is 2.86. The van der Waals surface area contributed by atoms with Crippen molar-refractivity contribution in [1.82, 2.24) is 4.90 Å².